The average Bonchev–Trinajstić information content (AvgIpc) is 3.29. The molecule has 0 spiro atoms. The van der Waals surface area contributed by atoms with Crippen LogP contribution in [0.25, 0.3) is 10.2 Å². The maximum absolute atomic E-state index is 13.5. The van der Waals surface area contributed by atoms with Gasteiger partial charge in [-0.15, -0.1) is 22.7 Å². The van der Waals surface area contributed by atoms with Gasteiger partial charge in [-0.05, 0) is 49.7 Å². The molecular formula is C25H29N5O3S2. The van der Waals surface area contributed by atoms with E-state index in [1.165, 1.54) is 11.3 Å². The van der Waals surface area contributed by atoms with E-state index in [1.54, 1.807) is 6.92 Å². The van der Waals surface area contributed by atoms with Crippen molar-refractivity contribution in [2.45, 2.75) is 65.2 Å². The van der Waals surface area contributed by atoms with E-state index in [9.17, 15) is 14.9 Å². The van der Waals surface area contributed by atoms with Crippen molar-refractivity contribution in [2.24, 2.45) is 0 Å². The first-order chi connectivity index (χ1) is 16.8. The third kappa shape index (κ3) is 4.58. The molecule has 8 nitrogen and oxygen atoms in total. The fourth-order valence-electron chi connectivity index (χ4n) is 4.65. The molecule has 0 radical (unpaired) electrons. The molecule has 0 fully saturated rings. The number of thiophene rings is 2. The van der Waals surface area contributed by atoms with E-state index in [0.29, 0.717) is 26.3 Å². The fourth-order valence-corrected chi connectivity index (χ4v) is 6.94. The van der Waals surface area contributed by atoms with Crippen molar-refractivity contribution in [1.82, 2.24) is 4.98 Å². The number of ether oxygens (including phenoxy) is 1. The molecule has 1 amide bonds. The standard InChI is InChI=1S/C25H29N5O3S2/c1-4-33-25(32)17-13-9-7-5-6-8-10-15(13)34-23(17)30-22(31)20-19(27)18-16(12(2)3)14(11-26)21(28)29-24(18)35-20/h12H,4-10,27H2,1-3H3,(H2,28,29)(H,30,31). The Hall–Kier alpha value is -3.16. The molecule has 35 heavy (non-hydrogen) atoms. The minimum Gasteiger partial charge on any atom is -0.462 e. The fraction of sp³-hybridized carbons (Fsp3) is 0.440. The van der Waals surface area contributed by atoms with Crippen molar-refractivity contribution >= 4 is 61.3 Å². The van der Waals surface area contributed by atoms with Gasteiger partial charge in [0, 0.05) is 10.3 Å². The highest BCUT2D eigenvalue weighted by Gasteiger charge is 2.29. The van der Waals surface area contributed by atoms with Crippen LogP contribution in [0.4, 0.5) is 16.5 Å². The normalized spacial score (nSPS) is 13.7. The Morgan fingerprint density at radius 3 is 2.54 bits per heavy atom. The number of esters is 1. The van der Waals surface area contributed by atoms with Crippen LogP contribution in [0.3, 0.4) is 0 Å². The van der Waals surface area contributed by atoms with Gasteiger partial charge in [0.15, 0.2) is 0 Å². The molecule has 0 aromatic carbocycles. The molecule has 0 atom stereocenters. The third-order valence-electron chi connectivity index (χ3n) is 6.22. The van der Waals surface area contributed by atoms with Crippen LogP contribution < -0.4 is 16.8 Å². The number of carbonyl (C=O) groups is 2. The van der Waals surface area contributed by atoms with Crippen molar-refractivity contribution in [2.75, 3.05) is 23.4 Å². The van der Waals surface area contributed by atoms with E-state index in [-0.39, 0.29) is 34.5 Å². The summed E-state index contributed by atoms with van der Waals surface area (Å²) < 4.78 is 5.34. The molecule has 1 aliphatic rings. The molecule has 0 bridgehead atoms. The van der Waals surface area contributed by atoms with Gasteiger partial charge in [-0.3, -0.25) is 4.79 Å². The lowest BCUT2D eigenvalue weighted by Gasteiger charge is -2.12. The summed E-state index contributed by atoms with van der Waals surface area (Å²) in [4.78, 5) is 32.6. The molecule has 10 heteroatoms. The third-order valence-corrected chi connectivity index (χ3v) is 8.52. The van der Waals surface area contributed by atoms with Gasteiger partial charge in [0.25, 0.3) is 5.91 Å². The second-order valence-electron chi connectivity index (χ2n) is 8.87. The highest BCUT2D eigenvalue weighted by atomic mass is 32.1. The van der Waals surface area contributed by atoms with Crippen LogP contribution in [-0.4, -0.2) is 23.5 Å². The minimum absolute atomic E-state index is 0.0439. The second-order valence-corrected chi connectivity index (χ2v) is 11.0. The Bertz CT molecular complexity index is 1350. The van der Waals surface area contributed by atoms with Gasteiger partial charge in [-0.25, -0.2) is 9.78 Å². The number of nitriles is 1. The molecule has 3 heterocycles. The Kier molecular flexibility index (Phi) is 7.28. The maximum Gasteiger partial charge on any atom is 0.341 e. The van der Waals surface area contributed by atoms with Crippen molar-refractivity contribution in [3.63, 3.8) is 0 Å². The van der Waals surface area contributed by atoms with E-state index in [4.69, 9.17) is 16.2 Å². The van der Waals surface area contributed by atoms with Gasteiger partial charge in [0.2, 0.25) is 0 Å². The van der Waals surface area contributed by atoms with E-state index in [1.807, 2.05) is 13.8 Å². The topological polar surface area (TPSA) is 144 Å². The zero-order valence-corrected chi connectivity index (χ0v) is 21.8. The van der Waals surface area contributed by atoms with Crippen molar-refractivity contribution in [3.05, 3.63) is 32.0 Å². The van der Waals surface area contributed by atoms with Crippen molar-refractivity contribution in [3.8, 4) is 6.07 Å². The Balaban J connectivity index is 1.79. The van der Waals surface area contributed by atoms with Crippen molar-refractivity contribution < 1.29 is 14.3 Å². The van der Waals surface area contributed by atoms with Crippen LogP contribution in [0.2, 0.25) is 0 Å². The summed E-state index contributed by atoms with van der Waals surface area (Å²) in [5.74, 6) is -0.755. The average molecular weight is 512 g/mol. The summed E-state index contributed by atoms with van der Waals surface area (Å²) >= 11 is 2.58. The monoisotopic (exact) mass is 511 g/mol. The van der Waals surface area contributed by atoms with Gasteiger partial charge in [-0.1, -0.05) is 26.7 Å². The number of amides is 1. The highest BCUT2D eigenvalue weighted by Crippen LogP contribution is 2.42. The van der Waals surface area contributed by atoms with E-state index in [0.717, 1.165) is 60.3 Å². The Labute approximate surface area is 212 Å². The number of fused-ring (bicyclic) bond motifs is 2. The van der Waals surface area contributed by atoms with E-state index in [2.05, 4.69) is 16.4 Å². The SMILES string of the molecule is CCOC(=O)c1c(NC(=O)c2sc3nc(N)c(C#N)c(C(C)C)c3c2N)sc2c1CCCCCC2. The van der Waals surface area contributed by atoms with Crippen LogP contribution in [0.1, 0.15) is 94.0 Å². The first kappa shape index (κ1) is 24.9. The lowest BCUT2D eigenvalue weighted by atomic mass is 9.95. The second kappa shape index (κ2) is 10.2. The summed E-state index contributed by atoms with van der Waals surface area (Å²) in [6.45, 7) is 5.91. The highest BCUT2D eigenvalue weighted by molar-refractivity contribution is 7.21. The molecule has 184 valence electrons. The largest absolute Gasteiger partial charge is 0.462 e. The lowest BCUT2D eigenvalue weighted by Crippen LogP contribution is -2.15. The number of nitrogens with two attached hydrogens (primary N) is 2. The molecule has 4 rings (SSSR count). The number of nitrogens with zero attached hydrogens (tertiary/aromatic N) is 2. The molecule has 3 aromatic rings. The summed E-state index contributed by atoms with van der Waals surface area (Å²) in [5.41, 5.74) is 15.2. The molecule has 0 unspecified atom stereocenters. The molecule has 0 aliphatic heterocycles. The van der Waals surface area contributed by atoms with E-state index < -0.39 is 11.9 Å². The van der Waals surface area contributed by atoms with Gasteiger partial charge in [-0.2, -0.15) is 5.26 Å². The number of anilines is 3. The molecule has 0 saturated heterocycles. The van der Waals surface area contributed by atoms with Gasteiger partial charge >= 0.3 is 5.97 Å². The number of pyridine rings is 1. The van der Waals surface area contributed by atoms with Crippen LogP contribution in [-0.2, 0) is 17.6 Å². The first-order valence-electron chi connectivity index (χ1n) is 11.8. The number of rotatable bonds is 5. The van der Waals surface area contributed by atoms with Gasteiger partial charge < -0.3 is 21.5 Å². The van der Waals surface area contributed by atoms with Gasteiger partial charge in [0.05, 0.1) is 23.4 Å². The lowest BCUT2D eigenvalue weighted by molar-refractivity contribution is 0.0526. The zero-order chi connectivity index (χ0) is 25.3. The van der Waals surface area contributed by atoms with Crippen LogP contribution in [0.5, 0.6) is 0 Å². The predicted molar refractivity (Wildman–Crippen MR) is 141 cm³/mol. The summed E-state index contributed by atoms with van der Waals surface area (Å²) in [6, 6.07) is 2.12. The van der Waals surface area contributed by atoms with Crippen molar-refractivity contribution in [1.29, 1.82) is 5.26 Å². The maximum atomic E-state index is 13.5. The number of aromatic nitrogens is 1. The van der Waals surface area contributed by atoms with Crippen LogP contribution >= 0.6 is 22.7 Å². The summed E-state index contributed by atoms with van der Waals surface area (Å²) in [6.07, 6.45) is 6.00. The number of aryl methyl sites for hydroxylation is 1. The number of nitrogen functional groups attached to an aromatic ring is 2. The quantitative estimate of drug-likeness (QED) is 0.378. The molecule has 5 N–H and O–H groups in total. The number of carbonyl (C=O) groups excluding carboxylic acids is 2. The number of hydrogen-bond acceptors (Lipinski definition) is 9. The Morgan fingerprint density at radius 2 is 1.89 bits per heavy atom. The van der Waals surface area contributed by atoms with E-state index >= 15 is 0 Å². The number of nitrogens with one attached hydrogen (secondary N) is 1. The molecule has 3 aromatic heterocycles. The predicted octanol–water partition coefficient (Wildman–Crippen LogP) is 5.61. The first-order valence-corrected chi connectivity index (χ1v) is 13.5. The smallest absolute Gasteiger partial charge is 0.341 e. The van der Waals surface area contributed by atoms with Gasteiger partial charge in [0.1, 0.15) is 26.6 Å². The Morgan fingerprint density at radius 1 is 1.17 bits per heavy atom. The molecule has 1 aliphatic carbocycles. The molecule has 0 saturated carbocycles. The number of hydrogen-bond donors (Lipinski definition) is 3. The zero-order valence-electron chi connectivity index (χ0n) is 20.1. The molecular weight excluding hydrogens is 482 g/mol. The van der Waals surface area contributed by atoms with Crippen LogP contribution in [0, 0.1) is 11.3 Å². The summed E-state index contributed by atoms with van der Waals surface area (Å²) in [5, 5.41) is 13.6. The summed E-state index contributed by atoms with van der Waals surface area (Å²) in [7, 11) is 0. The van der Waals surface area contributed by atoms with Crippen LogP contribution in [0.15, 0.2) is 0 Å². The minimum atomic E-state index is -0.419.